The third-order valence-corrected chi connectivity index (χ3v) is 3.93. The van der Waals surface area contributed by atoms with E-state index in [1.54, 1.807) is 12.4 Å². The molecule has 0 saturated carbocycles. The first-order valence-electron chi connectivity index (χ1n) is 7.50. The van der Waals surface area contributed by atoms with Crippen LogP contribution in [-0.4, -0.2) is 78.2 Å². The number of hydrogen-bond donors (Lipinski definition) is 1. The molecule has 3 heterocycles. The van der Waals surface area contributed by atoms with Crippen molar-refractivity contribution in [2.24, 2.45) is 0 Å². The summed E-state index contributed by atoms with van der Waals surface area (Å²) in [4.78, 5) is 24.5. The summed E-state index contributed by atoms with van der Waals surface area (Å²) in [6.45, 7) is 4.84. The first kappa shape index (κ1) is 15.1. The number of nitrogens with two attached hydrogens (primary N) is 1. The topological polar surface area (TPSA) is 93.8 Å². The van der Waals surface area contributed by atoms with Gasteiger partial charge in [-0.3, -0.25) is 14.7 Å². The number of anilines is 1. The average molecular weight is 307 g/mol. The third-order valence-electron chi connectivity index (χ3n) is 3.93. The van der Waals surface area contributed by atoms with E-state index in [9.17, 15) is 4.79 Å². The molecule has 1 aromatic rings. The van der Waals surface area contributed by atoms with E-state index in [1.165, 1.54) is 0 Å². The maximum atomic E-state index is 12.3. The second-order valence-electron chi connectivity index (χ2n) is 5.41. The quantitative estimate of drug-likeness (QED) is 0.788. The van der Waals surface area contributed by atoms with E-state index in [0.717, 1.165) is 6.54 Å². The largest absolute Gasteiger partial charge is 0.382 e. The van der Waals surface area contributed by atoms with Gasteiger partial charge in [0.25, 0.3) is 0 Å². The predicted octanol–water partition coefficient (Wildman–Crippen LogP) is -0.709. The minimum atomic E-state index is -0.236. The average Bonchev–Trinajstić information content (AvgIpc) is 2.56. The molecule has 1 aromatic heterocycles. The maximum Gasteiger partial charge on any atom is 0.236 e. The fraction of sp³-hybridized carbons (Fsp3) is 0.643. The summed E-state index contributed by atoms with van der Waals surface area (Å²) in [7, 11) is 0. The zero-order valence-corrected chi connectivity index (χ0v) is 12.5. The Bertz CT molecular complexity index is 521. The molecule has 1 atom stereocenters. The van der Waals surface area contributed by atoms with Gasteiger partial charge in [0.15, 0.2) is 0 Å². The van der Waals surface area contributed by atoms with Gasteiger partial charge in [-0.05, 0) is 0 Å². The number of amides is 1. The van der Waals surface area contributed by atoms with Crippen LogP contribution in [0.4, 0.5) is 5.82 Å². The summed E-state index contributed by atoms with van der Waals surface area (Å²) in [5.74, 6) is 0.518. The molecular formula is C14H21N5O3. The van der Waals surface area contributed by atoms with E-state index in [2.05, 4.69) is 14.9 Å². The summed E-state index contributed by atoms with van der Waals surface area (Å²) in [6, 6.07) is 0. The molecule has 2 N–H and O–H groups in total. The van der Waals surface area contributed by atoms with Crippen molar-refractivity contribution in [1.82, 2.24) is 19.8 Å². The number of hydrogen-bond acceptors (Lipinski definition) is 7. The molecule has 8 heteroatoms. The number of morpholine rings is 2. The van der Waals surface area contributed by atoms with E-state index in [4.69, 9.17) is 15.2 Å². The minimum absolute atomic E-state index is 0.135. The lowest BCUT2D eigenvalue weighted by atomic mass is 10.2. The van der Waals surface area contributed by atoms with E-state index in [0.29, 0.717) is 57.5 Å². The highest BCUT2D eigenvalue weighted by molar-refractivity contribution is 5.78. The van der Waals surface area contributed by atoms with Crippen molar-refractivity contribution in [2.75, 3.05) is 58.3 Å². The molecule has 3 rings (SSSR count). The zero-order chi connectivity index (χ0) is 15.4. The number of aromatic nitrogens is 2. The standard InChI is InChI=1S/C14H21N5O3/c15-14-13(16-1-2-17-14)11-9-18(3-8-22-11)10-12(20)19-4-6-21-7-5-19/h1-2,11H,3-10H2,(H2,15,17)/t11-/m1/s1. The lowest BCUT2D eigenvalue weighted by Gasteiger charge is -2.34. The van der Waals surface area contributed by atoms with Crippen LogP contribution in [-0.2, 0) is 14.3 Å². The van der Waals surface area contributed by atoms with E-state index >= 15 is 0 Å². The maximum absolute atomic E-state index is 12.3. The van der Waals surface area contributed by atoms with E-state index in [1.807, 2.05) is 4.90 Å². The first-order valence-corrected chi connectivity index (χ1v) is 7.50. The Morgan fingerprint density at radius 3 is 2.77 bits per heavy atom. The van der Waals surface area contributed by atoms with Crippen molar-refractivity contribution >= 4 is 11.7 Å². The molecule has 2 aliphatic heterocycles. The number of rotatable bonds is 3. The molecule has 2 saturated heterocycles. The highest BCUT2D eigenvalue weighted by Gasteiger charge is 2.27. The number of ether oxygens (including phenoxy) is 2. The van der Waals surface area contributed by atoms with Gasteiger partial charge in [0.1, 0.15) is 17.6 Å². The summed E-state index contributed by atoms with van der Waals surface area (Å²) in [5, 5.41) is 0. The van der Waals surface area contributed by atoms with Crippen molar-refractivity contribution < 1.29 is 14.3 Å². The van der Waals surface area contributed by atoms with Gasteiger partial charge < -0.3 is 20.1 Å². The van der Waals surface area contributed by atoms with E-state index in [-0.39, 0.29) is 12.0 Å². The fourth-order valence-corrected chi connectivity index (χ4v) is 2.72. The van der Waals surface area contributed by atoms with Crippen molar-refractivity contribution in [2.45, 2.75) is 6.10 Å². The van der Waals surface area contributed by atoms with Gasteiger partial charge in [0.05, 0.1) is 26.4 Å². The molecule has 0 radical (unpaired) electrons. The molecule has 0 unspecified atom stereocenters. The molecule has 2 aliphatic rings. The molecule has 0 aromatic carbocycles. The second kappa shape index (κ2) is 6.99. The number of nitrogen functional groups attached to an aromatic ring is 1. The van der Waals surface area contributed by atoms with Crippen LogP contribution in [0.25, 0.3) is 0 Å². The van der Waals surface area contributed by atoms with Crippen LogP contribution in [0, 0.1) is 0 Å². The monoisotopic (exact) mass is 307 g/mol. The van der Waals surface area contributed by atoms with Gasteiger partial charge in [-0.2, -0.15) is 0 Å². The van der Waals surface area contributed by atoms with Crippen LogP contribution in [0.15, 0.2) is 12.4 Å². The highest BCUT2D eigenvalue weighted by atomic mass is 16.5. The molecule has 0 aliphatic carbocycles. The third kappa shape index (κ3) is 3.52. The summed E-state index contributed by atoms with van der Waals surface area (Å²) >= 11 is 0. The predicted molar refractivity (Wildman–Crippen MR) is 79.0 cm³/mol. The van der Waals surface area contributed by atoms with Gasteiger partial charge in [-0.25, -0.2) is 4.98 Å². The lowest BCUT2D eigenvalue weighted by Crippen LogP contribution is -2.48. The van der Waals surface area contributed by atoms with Crippen molar-refractivity contribution in [3.63, 3.8) is 0 Å². The summed E-state index contributed by atoms with van der Waals surface area (Å²) in [5.41, 5.74) is 6.50. The zero-order valence-electron chi connectivity index (χ0n) is 12.5. The Morgan fingerprint density at radius 1 is 1.23 bits per heavy atom. The van der Waals surface area contributed by atoms with E-state index < -0.39 is 0 Å². The highest BCUT2D eigenvalue weighted by Crippen LogP contribution is 2.23. The van der Waals surface area contributed by atoms with Crippen LogP contribution in [0.1, 0.15) is 11.8 Å². The number of carbonyl (C=O) groups is 1. The molecule has 22 heavy (non-hydrogen) atoms. The van der Waals surface area contributed by atoms with Gasteiger partial charge in [0, 0.05) is 38.6 Å². The Balaban J connectivity index is 1.58. The Hall–Kier alpha value is -1.77. The molecule has 1 amide bonds. The molecule has 8 nitrogen and oxygen atoms in total. The SMILES string of the molecule is Nc1nccnc1[C@H]1CN(CC(=O)N2CCOCC2)CCO1. The van der Waals surface area contributed by atoms with Crippen molar-refractivity contribution in [3.8, 4) is 0 Å². The first-order chi connectivity index (χ1) is 10.7. The van der Waals surface area contributed by atoms with Crippen LogP contribution >= 0.6 is 0 Å². The minimum Gasteiger partial charge on any atom is -0.382 e. The molecule has 2 fully saturated rings. The van der Waals surface area contributed by atoms with Crippen LogP contribution in [0.3, 0.4) is 0 Å². The molecular weight excluding hydrogens is 286 g/mol. The van der Waals surface area contributed by atoms with Crippen LogP contribution in [0.2, 0.25) is 0 Å². The van der Waals surface area contributed by atoms with Gasteiger partial charge in [0.2, 0.25) is 5.91 Å². The second-order valence-corrected chi connectivity index (χ2v) is 5.41. The van der Waals surface area contributed by atoms with Crippen LogP contribution in [0.5, 0.6) is 0 Å². The Morgan fingerprint density at radius 2 is 2.00 bits per heavy atom. The molecule has 120 valence electrons. The van der Waals surface area contributed by atoms with Gasteiger partial charge in [-0.1, -0.05) is 0 Å². The van der Waals surface area contributed by atoms with Crippen LogP contribution < -0.4 is 5.73 Å². The number of nitrogens with zero attached hydrogens (tertiary/aromatic N) is 4. The smallest absolute Gasteiger partial charge is 0.236 e. The van der Waals surface area contributed by atoms with Crippen molar-refractivity contribution in [1.29, 1.82) is 0 Å². The van der Waals surface area contributed by atoms with Crippen molar-refractivity contribution in [3.05, 3.63) is 18.1 Å². The normalized spacial score (nSPS) is 23.5. The molecule has 0 bridgehead atoms. The Labute approximate surface area is 129 Å². The number of carbonyl (C=O) groups excluding carboxylic acids is 1. The molecule has 0 spiro atoms. The fourth-order valence-electron chi connectivity index (χ4n) is 2.72. The van der Waals surface area contributed by atoms with Gasteiger partial charge in [-0.15, -0.1) is 0 Å². The summed E-state index contributed by atoms with van der Waals surface area (Å²) in [6.07, 6.45) is 2.92. The Kier molecular flexibility index (Phi) is 4.81. The van der Waals surface area contributed by atoms with Gasteiger partial charge >= 0.3 is 0 Å². The lowest BCUT2D eigenvalue weighted by molar-refractivity contribution is -0.138. The summed E-state index contributed by atoms with van der Waals surface area (Å²) < 4.78 is 11.0.